The molecule has 2 aromatic carbocycles. The molecule has 4 N–H and O–H groups in total. The Labute approximate surface area is 195 Å². The lowest BCUT2D eigenvalue weighted by atomic mass is 10.1. The molecular weight excluding hydrogens is 480 g/mol. The van der Waals surface area contributed by atoms with E-state index >= 15 is 0 Å². The Hall–Kier alpha value is -3.50. The van der Waals surface area contributed by atoms with E-state index in [1.54, 1.807) is 36.7 Å². The number of benzene rings is 2. The fourth-order valence-electron chi connectivity index (χ4n) is 3.10. The fourth-order valence-corrected chi connectivity index (χ4v) is 3.40. The number of hydrogen-bond donors (Lipinski definition) is 3. The minimum atomic E-state index is -4.66. The van der Waals surface area contributed by atoms with Crippen LogP contribution in [0.3, 0.4) is 0 Å². The van der Waals surface area contributed by atoms with Crippen LogP contribution in [0.25, 0.3) is 10.8 Å². The van der Waals surface area contributed by atoms with E-state index in [0.29, 0.717) is 27.9 Å². The van der Waals surface area contributed by atoms with Gasteiger partial charge in [0.05, 0.1) is 10.0 Å². The van der Waals surface area contributed by atoms with Crippen molar-refractivity contribution in [2.24, 2.45) is 5.73 Å². The number of nitrogens with zero attached hydrogens (tertiary/aromatic N) is 3. The molecule has 0 aliphatic heterocycles. The van der Waals surface area contributed by atoms with Crippen molar-refractivity contribution in [3.8, 4) is 0 Å². The van der Waals surface area contributed by atoms with E-state index in [-0.39, 0.29) is 17.5 Å². The first-order valence-electron chi connectivity index (χ1n) is 9.41. The minimum Gasteiger partial charge on any atom is -0.365 e. The number of carbonyl (C=O) groups excluding carboxylic acids is 1. The molecule has 7 nitrogen and oxygen atoms in total. The predicted octanol–water partition coefficient (Wildman–Crippen LogP) is 6.04. The Morgan fingerprint density at radius 3 is 2.52 bits per heavy atom. The van der Waals surface area contributed by atoms with Gasteiger partial charge in [-0.25, -0.2) is 9.78 Å². The first-order valence-corrected chi connectivity index (χ1v) is 10.2. The van der Waals surface area contributed by atoms with Crippen molar-refractivity contribution in [1.82, 2.24) is 14.5 Å². The lowest BCUT2D eigenvalue weighted by molar-refractivity contribution is -0.137. The zero-order chi connectivity index (χ0) is 23.8. The minimum absolute atomic E-state index is 0.0456. The van der Waals surface area contributed by atoms with Crippen LogP contribution in [0.2, 0.25) is 10.0 Å². The quantitative estimate of drug-likeness (QED) is 0.314. The normalized spacial score (nSPS) is 11.5. The Morgan fingerprint density at radius 2 is 1.82 bits per heavy atom. The van der Waals surface area contributed by atoms with Crippen LogP contribution in [0.15, 0.2) is 55.0 Å². The molecule has 0 bridgehead atoms. The monoisotopic (exact) mass is 494 g/mol. The lowest BCUT2D eigenvalue weighted by Gasteiger charge is -2.15. The standard InChI is InChI=1S/C21H15Cl2F3N6O/c22-16-4-3-14(6-17(16)23)30-20-29-8-15(21(24,25)26)18(31-20)28-7-11-1-2-12-9-32(19(27)33)10-13(12)5-11/h1-6,8-10H,7H2,(H2,27,33)(H2,28,29,30,31). The summed E-state index contributed by atoms with van der Waals surface area (Å²) in [4.78, 5) is 19.1. The number of hydrogen-bond acceptors (Lipinski definition) is 5. The highest BCUT2D eigenvalue weighted by Crippen LogP contribution is 2.34. The molecule has 0 aliphatic rings. The maximum Gasteiger partial charge on any atom is 0.421 e. The van der Waals surface area contributed by atoms with Gasteiger partial charge in [0.15, 0.2) is 0 Å². The summed E-state index contributed by atoms with van der Waals surface area (Å²) in [6.45, 7) is 0.0456. The molecule has 12 heteroatoms. The van der Waals surface area contributed by atoms with Crippen LogP contribution in [0.4, 0.5) is 35.4 Å². The van der Waals surface area contributed by atoms with Gasteiger partial charge in [-0.2, -0.15) is 18.2 Å². The highest BCUT2D eigenvalue weighted by Gasteiger charge is 2.35. The Bertz CT molecular complexity index is 1360. The third kappa shape index (κ3) is 5.12. The van der Waals surface area contributed by atoms with Crippen molar-refractivity contribution in [3.63, 3.8) is 0 Å². The van der Waals surface area contributed by atoms with Crippen molar-refractivity contribution in [2.45, 2.75) is 12.7 Å². The van der Waals surface area contributed by atoms with E-state index in [1.165, 1.54) is 16.7 Å². The molecule has 4 rings (SSSR count). The zero-order valence-electron chi connectivity index (χ0n) is 16.6. The second-order valence-electron chi connectivity index (χ2n) is 7.03. The number of amides is 1. The molecule has 1 amide bonds. The molecule has 0 aliphatic carbocycles. The summed E-state index contributed by atoms with van der Waals surface area (Å²) < 4.78 is 41.7. The number of anilines is 3. The van der Waals surface area contributed by atoms with E-state index < -0.39 is 23.6 Å². The number of nitrogens with one attached hydrogen (secondary N) is 2. The van der Waals surface area contributed by atoms with Gasteiger partial charge in [-0.1, -0.05) is 35.3 Å². The highest BCUT2D eigenvalue weighted by molar-refractivity contribution is 6.42. The van der Waals surface area contributed by atoms with Crippen molar-refractivity contribution in [1.29, 1.82) is 0 Å². The van der Waals surface area contributed by atoms with Crippen molar-refractivity contribution in [3.05, 3.63) is 76.2 Å². The van der Waals surface area contributed by atoms with Crippen LogP contribution >= 0.6 is 23.2 Å². The van der Waals surface area contributed by atoms with Crippen LogP contribution in [0.1, 0.15) is 11.1 Å². The fraction of sp³-hybridized carbons (Fsp3) is 0.0952. The number of nitrogens with two attached hydrogens (primary N) is 1. The molecule has 4 aromatic rings. The predicted molar refractivity (Wildman–Crippen MR) is 121 cm³/mol. The zero-order valence-corrected chi connectivity index (χ0v) is 18.1. The van der Waals surface area contributed by atoms with Gasteiger partial charge < -0.3 is 16.4 Å². The lowest BCUT2D eigenvalue weighted by Crippen LogP contribution is -2.17. The number of alkyl halides is 3. The van der Waals surface area contributed by atoms with Gasteiger partial charge in [0, 0.05) is 36.2 Å². The first-order chi connectivity index (χ1) is 15.6. The average molecular weight is 495 g/mol. The van der Waals surface area contributed by atoms with E-state index in [1.807, 2.05) is 0 Å². The van der Waals surface area contributed by atoms with Crippen LogP contribution in [0.5, 0.6) is 0 Å². The molecule has 0 radical (unpaired) electrons. The van der Waals surface area contributed by atoms with Gasteiger partial charge in [-0.15, -0.1) is 0 Å². The maximum atomic E-state index is 13.5. The summed E-state index contributed by atoms with van der Waals surface area (Å²) in [5.74, 6) is -0.451. The van der Waals surface area contributed by atoms with Crippen LogP contribution < -0.4 is 16.4 Å². The van der Waals surface area contributed by atoms with E-state index in [4.69, 9.17) is 28.9 Å². The third-order valence-corrected chi connectivity index (χ3v) is 5.43. The van der Waals surface area contributed by atoms with Gasteiger partial charge in [-0.3, -0.25) is 4.57 Å². The topological polar surface area (TPSA) is 97.9 Å². The molecule has 0 fully saturated rings. The molecule has 0 spiro atoms. The molecule has 33 heavy (non-hydrogen) atoms. The van der Waals surface area contributed by atoms with E-state index in [9.17, 15) is 18.0 Å². The molecule has 2 aromatic heterocycles. The van der Waals surface area contributed by atoms with Crippen molar-refractivity contribution in [2.75, 3.05) is 10.6 Å². The number of halogens is 5. The average Bonchev–Trinajstić information content (AvgIpc) is 3.18. The Morgan fingerprint density at radius 1 is 1.06 bits per heavy atom. The van der Waals surface area contributed by atoms with E-state index in [0.717, 1.165) is 5.39 Å². The molecule has 2 heterocycles. The Kier molecular flexibility index (Phi) is 6.05. The molecule has 0 atom stereocenters. The smallest absolute Gasteiger partial charge is 0.365 e. The van der Waals surface area contributed by atoms with Gasteiger partial charge >= 0.3 is 12.2 Å². The number of carbonyl (C=O) groups is 1. The molecule has 0 unspecified atom stereocenters. The summed E-state index contributed by atoms with van der Waals surface area (Å²) in [6, 6.07) is 9.21. The molecular formula is C21H15Cl2F3N6O. The summed E-state index contributed by atoms with van der Waals surface area (Å²) in [7, 11) is 0. The second kappa shape index (κ2) is 8.80. The van der Waals surface area contributed by atoms with Crippen LogP contribution in [-0.2, 0) is 12.7 Å². The summed E-state index contributed by atoms with van der Waals surface area (Å²) in [5.41, 5.74) is 5.39. The number of rotatable bonds is 5. The van der Waals surface area contributed by atoms with Gasteiger partial charge in [0.25, 0.3) is 0 Å². The van der Waals surface area contributed by atoms with Crippen molar-refractivity contribution >= 4 is 57.5 Å². The van der Waals surface area contributed by atoms with E-state index in [2.05, 4.69) is 20.6 Å². The van der Waals surface area contributed by atoms with Crippen LogP contribution in [0, 0.1) is 0 Å². The third-order valence-electron chi connectivity index (χ3n) is 4.69. The van der Waals surface area contributed by atoms with Gasteiger partial charge in [-0.05, 0) is 35.2 Å². The van der Waals surface area contributed by atoms with Crippen LogP contribution in [-0.4, -0.2) is 20.6 Å². The van der Waals surface area contributed by atoms with Crippen molar-refractivity contribution < 1.29 is 18.0 Å². The Balaban J connectivity index is 1.59. The maximum absolute atomic E-state index is 13.5. The second-order valence-corrected chi connectivity index (χ2v) is 7.84. The SMILES string of the molecule is NC(=O)n1cc2ccc(CNc3nc(Nc4ccc(Cl)c(Cl)c4)ncc3C(F)(F)F)cc2c1. The number of aromatic nitrogens is 3. The summed E-state index contributed by atoms with van der Waals surface area (Å²) in [6.07, 6.45) is -0.841. The largest absolute Gasteiger partial charge is 0.421 e. The van der Waals surface area contributed by atoms with Gasteiger partial charge in [0.2, 0.25) is 5.95 Å². The molecule has 0 saturated heterocycles. The first kappa shape index (κ1) is 22.7. The molecule has 0 saturated carbocycles. The summed E-state index contributed by atoms with van der Waals surface area (Å²) >= 11 is 11.9. The number of primary amides is 1. The highest BCUT2D eigenvalue weighted by atomic mass is 35.5. The molecule has 170 valence electrons. The number of fused-ring (bicyclic) bond motifs is 1. The van der Waals surface area contributed by atoms with Gasteiger partial charge in [0.1, 0.15) is 11.4 Å². The summed E-state index contributed by atoms with van der Waals surface area (Å²) in [5, 5.41) is 7.62.